The average molecular weight is 327 g/mol. The van der Waals surface area contributed by atoms with Crippen LogP contribution >= 0.6 is 11.6 Å². The first-order valence-electron chi connectivity index (χ1n) is 5.34. The number of nitrogens with zero attached hydrogens (tertiary/aromatic N) is 1. The minimum Gasteiger partial charge on any atom is -0.208 e. The Morgan fingerprint density at radius 3 is 2.55 bits per heavy atom. The first kappa shape index (κ1) is 16.8. The van der Waals surface area contributed by atoms with E-state index < -0.39 is 33.6 Å². The van der Waals surface area contributed by atoms with Crippen molar-refractivity contribution in [3.8, 4) is 6.07 Å². The summed E-state index contributed by atoms with van der Waals surface area (Å²) in [6.07, 6.45) is -5.79. The van der Waals surface area contributed by atoms with E-state index in [4.69, 9.17) is 16.9 Å². The van der Waals surface area contributed by atoms with Gasteiger partial charge in [-0.2, -0.15) is 18.4 Å². The Hall–Kier alpha value is -1.30. The zero-order valence-corrected chi connectivity index (χ0v) is 11.8. The molecule has 0 radical (unpaired) electrons. The van der Waals surface area contributed by atoms with Gasteiger partial charge in [0.2, 0.25) is 10.0 Å². The molecule has 4 nitrogen and oxygen atoms in total. The van der Waals surface area contributed by atoms with Crippen molar-refractivity contribution in [3.05, 3.63) is 28.8 Å². The van der Waals surface area contributed by atoms with Crippen LogP contribution in [0.3, 0.4) is 0 Å². The van der Waals surface area contributed by atoms with Gasteiger partial charge in [-0.1, -0.05) is 11.6 Å². The van der Waals surface area contributed by atoms with E-state index in [0.29, 0.717) is 0 Å². The summed E-state index contributed by atoms with van der Waals surface area (Å²) in [7, 11) is -4.23. The zero-order chi connectivity index (χ0) is 15.6. The highest BCUT2D eigenvalue weighted by molar-refractivity contribution is 7.89. The van der Waals surface area contributed by atoms with Crippen molar-refractivity contribution in [1.29, 1.82) is 5.26 Å². The van der Waals surface area contributed by atoms with E-state index in [1.54, 1.807) is 6.07 Å². The predicted octanol–water partition coefficient (Wildman–Crippen LogP) is 2.83. The van der Waals surface area contributed by atoms with Crippen LogP contribution in [0.15, 0.2) is 23.1 Å². The minimum atomic E-state index is -4.49. The van der Waals surface area contributed by atoms with E-state index >= 15 is 0 Å². The maximum atomic E-state index is 12.2. The fraction of sp³-hybridized carbons (Fsp3) is 0.364. The van der Waals surface area contributed by atoms with Gasteiger partial charge in [-0.15, -0.1) is 0 Å². The summed E-state index contributed by atoms with van der Waals surface area (Å²) in [5.41, 5.74) is 0.0400. The number of hydrogen-bond acceptors (Lipinski definition) is 3. The fourth-order valence-electron chi connectivity index (χ4n) is 1.50. The van der Waals surface area contributed by atoms with Crippen molar-refractivity contribution in [2.24, 2.45) is 0 Å². The number of halogens is 4. The van der Waals surface area contributed by atoms with Gasteiger partial charge in [-0.05, 0) is 25.1 Å². The van der Waals surface area contributed by atoms with E-state index in [2.05, 4.69) is 0 Å². The molecule has 0 saturated heterocycles. The smallest absolute Gasteiger partial charge is 0.208 e. The predicted molar refractivity (Wildman–Crippen MR) is 66.6 cm³/mol. The van der Waals surface area contributed by atoms with Crippen molar-refractivity contribution < 1.29 is 21.6 Å². The standard InChI is InChI=1S/C11H10ClF3N2O2S/c1-7(5-11(13,14)15)17-20(18,19)10-4-8(6-16)2-3-9(10)12/h2-4,7,17H,5H2,1H3. The summed E-state index contributed by atoms with van der Waals surface area (Å²) >= 11 is 5.70. The largest absolute Gasteiger partial charge is 0.390 e. The molecule has 1 N–H and O–H groups in total. The van der Waals surface area contributed by atoms with Crippen LogP contribution in [-0.4, -0.2) is 20.6 Å². The highest BCUT2D eigenvalue weighted by atomic mass is 35.5. The summed E-state index contributed by atoms with van der Waals surface area (Å²) < 4.78 is 62.3. The Morgan fingerprint density at radius 1 is 1.45 bits per heavy atom. The number of hydrogen-bond donors (Lipinski definition) is 1. The molecule has 1 aromatic rings. The minimum absolute atomic E-state index is 0.0400. The van der Waals surface area contributed by atoms with Crippen LogP contribution in [0.4, 0.5) is 13.2 Å². The second kappa shape index (κ2) is 5.99. The maximum absolute atomic E-state index is 12.2. The molecule has 0 bridgehead atoms. The lowest BCUT2D eigenvalue weighted by Crippen LogP contribution is -2.36. The summed E-state index contributed by atoms with van der Waals surface area (Å²) in [6, 6.07) is 3.89. The van der Waals surface area contributed by atoms with Gasteiger partial charge in [-0.25, -0.2) is 13.1 Å². The Bertz CT molecular complexity index is 638. The second-order valence-electron chi connectivity index (χ2n) is 4.10. The van der Waals surface area contributed by atoms with E-state index in [9.17, 15) is 21.6 Å². The molecule has 0 amide bonds. The number of sulfonamides is 1. The molecule has 1 unspecified atom stereocenters. The Morgan fingerprint density at radius 2 is 2.05 bits per heavy atom. The molecule has 0 aliphatic heterocycles. The third-order valence-corrected chi connectivity index (χ3v) is 4.31. The van der Waals surface area contributed by atoms with Gasteiger partial charge in [-0.3, -0.25) is 0 Å². The zero-order valence-electron chi connectivity index (χ0n) is 10.2. The van der Waals surface area contributed by atoms with Crippen molar-refractivity contribution in [2.45, 2.75) is 30.5 Å². The lowest BCUT2D eigenvalue weighted by Gasteiger charge is -2.16. The normalized spacial score (nSPS) is 13.8. The van der Waals surface area contributed by atoms with Crippen LogP contribution in [-0.2, 0) is 10.0 Å². The third-order valence-electron chi connectivity index (χ3n) is 2.24. The van der Waals surface area contributed by atoms with Crippen LogP contribution in [0, 0.1) is 11.3 Å². The summed E-state index contributed by atoms with van der Waals surface area (Å²) in [4.78, 5) is -0.424. The first-order valence-corrected chi connectivity index (χ1v) is 7.20. The van der Waals surface area contributed by atoms with Gasteiger partial charge in [0.25, 0.3) is 0 Å². The number of alkyl halides is 3. The molecule has 1 atom stereocenters. The van der Waals surface area contributed by atoms with Crippen LogP contribution in [0.5, 0.6) is 0 Å². The first-order chi connectivity index (χ1) is 9.05. The lowest BCUT2D eigenvalue weighted by atomic mass is 10.2. The lowest BCUT2D eigenvalue weighted by molar-refractivity contribution is -0.137. The number of benzene rings is 1. The molecular formula is C11H10ClF3N2O2S. The molecule has 0 aromatic heterocycles. The molecule has 0 aliphatic rings. The molecule has 9 heteroatoms. The molecule has 0 fully saturated rings. The van der Waals surface area contributed by atoms with Gasteiger partial charge in [0.1, 0.15) is 4.90 Å². The summed E-state index contributed by atoms with van der Waals surface area (Å²) in [5.74, 6) is 0. The number of rotatable bonds is 4. The molecule has 0 spiro atoms. The van der Waals surface area contributed by atoms with Crippen LogP contribution in [0.1, 0.15) is 18.9 Å². The van der Waals surface area contributed by atoms with E-state index in [1.165, 1.54) is 12.1 Å². The quantitative estimate of drug-likeness (QED) is 0.925. The third kappa shape index (κ3) is 4.67. The van der Waals surface area contributed by atoms with Crippen LogP contribution < -0.4 is 4.72 Å². The Kier molecular flexibility index (Phi) is 5.02. The monoisotopic (exact) mass is 326 g/mol. The molecular weight excluding hydrogens is 317 g/mol. The van der Waals surface area contributed by atoms with Gasteiger partial charge in [0.15, 0.2) is 0 Å². The van der Waals surface area contributed by atoms with Gasteiger partial charge >= 0.3 is 6.18 Å². The van der Waals surface area contributed by atoms with Crippen LogP contribution in [0.25, 0.3) is 0 Å². The second-order valence-corrected chi connectivity index (χ2v) is 6.19. The molecule has 1 rings (SSSR count). The van der Waals surface area contributed by atoms with Gasteiger partial charge in [0.05, 0.1) is 23.1 Å². The Labute approximate surface area is 119 Å². The van der Waals surface area contributed by atoms with Crippen molar-refractivity contribution in [1.82, 2.24) is 4.72 Å². The van der Waals surface area contributed by atoms with E-state index in [-0.39, 0.29) is 10.6 Å². The van der Waals surface area contributed by atoms with E-state index in [0.717, 1.165) is 13.0 Å². The highest BCUT2D eigenvalue weighted by Crippen LogP contribution is 2.25. The molecule has 20 heavy (non-hydrogen) atoms. The van der Waals surface area contributed by atoms with Crippen LogP contribution in [0.2, 0.25) is 5.02 Å². The van der Waals surface area contributed by atoms with Crippen molar-refractivity contribution in [2.75, 3.05) is 0 Å². The SMILES string of the molecule is CC(CC(F)(F)F)NS(=O)(=O)c1cc(C#N)ccc1Cl. The summed E-state index contributed by atoms with van der Waals surface area (Å²) in [6.45, 7) is 1.09. The highest BCUT2D eigenvalue weighted by Gasteiger charge is 2.32. The molecule has 110 valence electrons. The number of nitrogens with one attached hydrogen (secondary N) is 1. The van der Waals surface area contributed by atoms with Crippen molar-refractivity contribution >= 4 is 21.6 Å². The summed E-state index contributed by atoms with van der Waals surface area (Å²) in [5, 5.41) is 8.53. The maximum Gasteiger partial charge on any atom is 0.390 e. The topological polar surface area (TPSA) is 70.0 Å². The van der Waals surface area contributed by atoms with Gasteiger partial charge in [0, 0.05) is 6.04 Å². The van der Waals surface area contributed by atoms with Crippen molar-refractivity contribution in [3.63, 3.8) is 0 Å². The average Bonchev–Trinajstić information content (AvgIpc) is 2.25. The van der Waals surface area contributed by atoms with E-state index in [1.807, 2.05) is 4.72 Å². The molecule has 0 heterocycles. The molecule has 0 saturated carbocycles. The fourth-order valence-corrected chi connectivity index (χ4v) is 3.27. The number of nitriles is 1. The molecule has 0 aliphatic carbocycles. The Balaban J connectivity index is 3.03. The molecule has 1 aromatic carbocycles. The van der Waals surface area contributed by atoms with Gasteiger partial charge < -0.3 is 0 Å².